The summed E-state index contributed by atoms with van der Waals surface area (Å²) >= 11 is 0. The lowest BCUT2D eigenvalue weighted by Gasteiger charge is -2.29. The molecule has 1 atom stereocenters. The van der Waals surface area contributed by atoms with Gasteiger partial charge in [-0.3, -0.25) is 19.5 Å². The lowest BCUT2D eigenvalue weighted by Crippen LogP contribution is -2.38. The summed E-state index contributed by atoms with van der Waals surface area (Å²) in [6, 6.07) is 13.1. The second-order valence-electron chi connectivity index (χ2n) is 8.56. The molecule has 4 heterocycles. The zero-order chi connectivity index (χ0) is 22.8. The zero-order valence-electron chi connectivity index (χ0n) is 18.7. The molecule has 0 aliphatic carbocycles. The fraction of sp³-hybridized carbons (Fsp3) is 0.360. The molecule has 2 aliphatic rings. The summed E-state index contributed by atoms with van der Waals surface area (Å²) in [6.07, 6.45) is 3.99. The molecule has 8 heteroatoms. The predicted octanol–water partition coefficient (Wildman–Crippen LogP) is 2.71. The molecule has 2 aliphatic heterocycles. The van der Waals surface area contributed by atoms with E-state index in [4.69, 9.17) is 9.72 Å². The van der Waals surface area contributed by atoms with E-state index in [1.54, 1.807) is 30.3 Å². The summed E-state index contributed by atoms with van der Waals surface area (Å²) in [5, 5.41) is 0. The van der Waals surface area contributed by atoms with E-state index in [1.165, 1.54) is 5.56 Å². The van der Waals surface area contributed by atoms with Crippen LogP contribution in [0, 0.1) is 0 Å². The molecule has 2 aromatic heterocycles. The number of rotatable bonds is 5. The lowest BCUT2D eigenvalue weighted by atomic mass is 10.0. The Morgan fingerprint density at radius 3 is 2.79 bits per heavy atom. The van der Waals surface area contributed by atoms with Gasteiger partial charge in [-0.25, -0.2) is 4.98 Å². The number of hydrogen-bond acceptors (Lipinski definition) is 6. The molecule has 0 spiro atoms. The van der Waals surface area contributed by atoms with Crippen LogP contribution < -0.4 is 10.3 Å². The molecule has 1 amide bonds. The molecular weight excluding hydrogens is 418 g/mol. The molecule has 8 nitrogen and oxygen atoms in total. The first kappa shape index (κ1) is 21.3. The van der Waals surface area contributed by atoms with Crippen molar-refractivity contribution in [3.05, 3.63) is 87.4 Å². The van der Waals surface area contributed by atoms with Gasteiger partial charge >= 0.3 is 0 Å². The van der Waals surface area contributed by atoms with Gasteiger partial charge in [0, 0.05) is 38.8 Å². The standard InChI is InChI=1S/C25H27N5O3/c1-33-18-9-7-17(8-10-18)15-29-14-11-20-19(16-29)24(31)28-23(27-20)22-6-4-13-30(22)25(32)21-5-2-3-12-26-21/h2-3,5,7-10,12,22H,4,6,11,13-16H2,1H3,(H,27,28,31)/t22-/m1/s1. The Hall–Kier alpha value is -3.52. The maximum Gasteiger partial charge on any atom is 0.273 e. The maximum absolute atomic E-state index is 13.0. The van der Waals surface area contributed by atoms with Crippen LogP contribution in [0.5, 0.6) is 5.75 Å². The van der Waals surface area contributed by atoms with E-state index in [2.05, 4.69) is 14.9 Å². The molecule has 1 aromatic carbocycles. The lowest BCUT2D eigenvalue weighted by molar-refractivity contribution is 0.0723. The minimum Gasteiger partial charge on any atom is -0.497 e. The summed E-state index contributed by atoms with van der Waals surface area (Å²) in [7, 11) is 1.66. The number of benzene rings is 1. The predicted molar refractivity (Wildman–Crippen MR) is 123 cm³/mol. The Labute approximate surface area is 192 Å². The van der Waals surface area contributed by atoms with Crippen molar-refractivity contribution in [1.29, 1.82) is 0 Å². The van der Waals surface area contributed by atoms with Gasteiger partial charge in [0.05, 0.1) is 24.4 Å². The third-order valence-corrected chi connectivity index (χ3v) is 6.44. The van der Waals surface area contributed by atoms with Gasteiger partial charge in [0.25, 0.3) is 11.5 Å². The van der Waals surface area contributed by atoms with Crippen molar-refractivity contribution in [2.75, 3.05) is 20.2 Å². The van der Waals surface area contributed by atoms with E-state index in [1.807, 2.05) is 30.3 Å². The molecule has 1 fully saturated rings. The minimum atomic E-state index is -0.227. The summed E-state index contributed by atoms with van der Waals surface area (Å²) in [5.74, 6) is 1.30. The number of nitrogens with one attached hydrogen (secondary N) is 1. The van der Waals surface area contributed by atoms with Crippen LogP contribution in [0.2, 0.25) is 0 Å². The molecule has 3 aromatic rings. The zero-order valence-corrected chi connectivity index (χ0v) is 18.7. The summed E-state index contributed by atoms with van der Waals surface area (Å²) in [5.41, 5.74) is 3.05. The van der Waals surface area contributed by atoms with Gasteiger partial charge in [-0.1, -0.05) is 18.2 Å². The molecule has 0 bridgehead atoms. The number of likely N-dealkylation sites (tertiary alicyclic amines) is 1. The van der Waals surface area contributed by atoms with Crippen molar-refractivity contribution in [2.24, 2.45) is 0 Å². The van der Waals surface area contributed by atoms with Crippen molar-refractivity contribution >= 4 is 5.91 Å². The maximum atomic E-state index is 13.0. The Morgan fingerprint density at radius 2 is 2.03 bits per heavy atom. The fourth-order valence-electron chi connectivity index (χ4n) is 4.71. The second kappa shape index (κ2) is 9.15. The average molecular weight is 446 g/mol. The highest BCUT2D eigenvalue weighted by Gasteiger charge is 2.34. The number of pyridine rings is 1. The van der Waals surface area contributed by atoms with Crippen molar-refractivity contribution in [3.63, 3.8) is 0 Å². The largest absolute Gasteiger partial charge is 0.497 e. The third kappa shape index (κ3) is 4.39. The number of amides is 1. The number of fused-ring (bicyclic) bond motifs is 1. The van der Waals surface area contributed by atoms with Gasteiger partial charge in [-0.05, 0) is 42.7 Å². The number of carbonyl (C=O) groups excluding carboxylic acids is 1. The molecule has 33 heavy (non-hydrogen) atoms. The first-order valence-corrected chi connectivity index (χ1v) is 11.3. The van der Waals surface area contributed by atoms with E-state index < -0.39 is 0 Å². The van der Waals surface area contributed by atoms with Crippen LogP contribution >= 0.6 is 0 Å². The Bertz CT molecular complexity index is 1190. The number of aromatic amines is 1. The second-order valence-corrected chi connectivity index (χ2v) is 8.56. The van der Waals surface area contributed by atoms with E-state index >= 15 is 0 Å². The highest BCUT2D eigenvalue weighted by atomic mass is 16.5. The Morgan fingerprint density at radius 1 is 1.18 bits per heavy atom. The highest BCUT2D eigenvalue weighted by Crippen LogP contribution is 2.31. The SMILES string of the molecule is COc1ccc(CN2CCc3nc([C@H]4CCCN4C(=O)c4ccccn4)[nH]c(=O)c3C2)cc1. The van der Waals surface area contributed by atoms with Gasteiger partial charge in [-0.2, -0.15) is 0 Å². The van der Waals surface area contributed by atoms with E-state index in [9.17, 15) is 9.59 Å². The first-order chi connectivity index (χ1) is 16.1. The number of hydrogen-bond donors (Lipinski definition) is 1. The number of carbonyl (C=O) groups is 1. The monoisotopic (exact) mass is 445 g/mol. The van der Waals surface area contributed by atoms with Crippen molar-refractivity contribution in [1.82, 2.24) is 24.8 Å². The van der Waals surface area contributed by atoms with Gasteiger partial charge in [0.1, 0.15) is 17.3 Å². The van der Waals surface area contributed by atoms with E-state index in [0.29, 0.717) is 31.0 Å². The van der Waals surface area contributed by atoms with Crippen LogP contribution in [0.4, 0.5) is 0 Å². The van der Waals surface area contributed by atoms with Gasteiger partial charge < -0.3 is 14.6 Å². The summed E-state index contributed by atoms with van der Waals surface area (Å²) < 4.78 is 5.23. The van der Waals surface area contributed by atoms with Crippen molar-refractivity contribution < 1.29 is 9.53 Å². The molecule has 5 rings (SSSR count). The van der Waals surface area contributed by atoms with Crippen LogP contribution in [0.25, 0.3) is 0 Å². The van der Waals surface area contributed by atoms with Gasteiger partial charge in [0.15, 0.2) is 0 Å². The third-order valence-electron chi connectivity index (χ3n) is 6.44. The number of aromatic nitrogens is 3. The molecule has 1 N–H and O–H groups in total. The van der Waals surface area contributed by atoms with Crippen LogP contribution in [0.1, 0.15) is 52.0 Å². The molecule has 1 saturated heterocycles. The number of ether oxygens (including phenoxy) is 1. The first-order valence-electron chi connectivity index (χ1n) is 11.3. The van der Waals surface area contributed by atoms with Crippen LogP contribution in [-0.4, -0.2) is 50.9 Å². The van der Waals surface area contributed by atoms with Crippen LogP contribution in [0.15, 0.2) is 53.5 Å². The van der Waals surface area contributed by atoms with Crippen LogP contribution in [-0.2, 0) is 19.5 Å². The Balaban J connectivity index is 1.33. The van der Waals surface area contributed by atoms with Crippen LogP contribution in [0.3, 0.4) is 0 Å². The van der Waals surface area contributed by atoms with Crippen molar-refractivity contribution in [2.45, 2.75) is 38.4 Å². The molecule has 0 saturated carbocycles. The summed E-state index contributed by atoms with van der Waals surface area (Å²) in [6.45, 7) is 2.79. The highest BCUT2D eigenvalue weighted by molar-refractivity contribution is 5.92. The number of H-pyrrole nitrogens is 1. The van der Waals surface area contributed by atoms with Crippen molar-refractivity contribution in [3.8, 4) is 5.75 Å². The Kier molecular flexibility index (Phi) is 5.92. The number of methoxy groups -OCH3 is 1. The topological polar surface area (TPSA) is 91.4 Å². The fourth-order valence-corrected chi connectivity index (χ4v) is 4.71. The molecular formula is C25H27N5O3. The van der Waals surface area contributed by atoms with E-state index in [-0.39, 0.29) is 17.5 Å². The van der Waals surface area contributed by atoms with E-state index in [0.717, 1.165) is 42.9 Å². The molecule has 0 unspecified atom stereocenters. The van der Waals surface area contributed by atoms with Gasteiger partial charge in [-0.15, -0.1) is 0 Å². The normalized spacial score (nSPS) is 18.2. The molecule has 170 valence electrons. The number of nitrogens with zero attached hydrogens (tertiary/aromatic N) is 4. The molecule has 0 radical (unpaired) electrons. The average Bonchev–Trinajstić information content (AvgIpc) is 3.35. The quantitative estimate of drug-likeness (QED) is 0.649. The smallest absolute Gasteiger partial charge is 0.273 e. The summed E-state index contributed by atoms with van der Waals surface area (Å²) in [4.78, 5) is 42.1. The van der Waals surface area contributed by atoms with Gasteiger partial charge in [0.2, 0.25) is 0 Å². The minimum absolute atomic E-state index is 0.105.